The van der Waals surface area contributed by atoms with Gasteiger partial charge in [0.25, 0.3) is 5.69 Å². The number of non-ortho nitro benzene ring substituents is 1. The molecule has 0 spiro atoms. The number of ether oxygens (including phenoxy) is 1. The molecule has 21 heavy (non-hydrogen) atoms. The molecule has 2 rings (SSSR count). The van der Waals surface area contributed by atoms with Crippen LogP contribution in [0.2, 0.25) is 0 Å². The van der Waals surface area contributed by atoms with Gasteiger partial charge in [0.1, 0.15) is 0 Å². The quantitative estimate of drug-likeness (QED) is 0.681. The van der Waals surface area contributed by atoms with Crippen molar-refractivity contribution < 1.29 is 24.0 Å². The molecule has 1 aromatic carbocycles. The molecule has 1 N–H and O–H groups in total. The molecule has 1 fully saturated rings. The number of nitro groups is 1. The van der Waals surface area contributed by atoms with Crippen LogP contribution in [0.5, 0.6) is 5.75 Å². The fourth-order valence-electron chi connectivity index (χ4n) is 2.30. The Labute approximate surface area is 120 Å². The van der Waals surface area contributed by atoms with E-state index < -0.39 is 16.8 Å². The maximum Gasteiger partial charge on any atom is 0.407 e. The Morgan fingerprint density at radius 2 is 2.33 bits per heavy atom. The van der Waals surface area contributed by atoms with Crippen molar-refractivity contribution in [1.82, 2.24) is 4.90 Å². The first-order valence-electron chi connectivity index (χ1n) is 6.52. The zero-order valence-corrected chi connectivity index (χ0v) is 11.2. The Kier molecular flexibility index (Phi) is 4.56. The second-order valence-electron chi connectivity index (χ2n) is 4.92. The first-order valence-corrected chi connectivity index (χ1v) is 6.52. The minimum Gasteiger partial charge on any atom is -0.490 e. The van der Waals surface area contributed by atoms with Gasteiger partial charge in [0.2, 0.25) is 0 Å². The lowest BCUT2D eigenvalue weighted by molar-refractivity contribution is -0.385. The average Bonchev–Trinajstić information content (AvgIpc) is 2.46. The monoisotopic (exact) mass is 298 g/mol. The Hall–Kier alpha value is -2.38. The first-order chi connectivity index (χ1) is 9.97. The Bertz CT molecular complexity index is 551. The largest absolute Gasteiger partial charge is 0.490 e. The van der Waals surface area contributed by atoms with E-state index in [9.17, 15) is 19.3 Å². The molecule has 114 valence electrons. The molecule has 0 saturated carbocycles. The molecule has 0 aromatic heterocycles. The molecule has 0 aliphatic carbocycles. The normalized spacial score (nSPS) is 18.3. The molecule has 1 atom stereocenters. The fraction of sp³-hybridized carbons (Fsp3) is 0.462. The second-order valence-corrected chi connectivity index (χ2v) is 4.92. The van der Waals surface area contributed by atoms with Gasteiger partial charge in [0.15, 0.2) is 11.6 Å². The third kappa shape index (κ3) is 3.80. The predicted octanol–water partition coefficient (Wildman–Crippen LogP) is 2.50. The molecule has 8 heteroatoms. The highest BCUT2D eigenvalue weighted by molar-refractivity contribution is 5.65. The molecular formula is C13H15FN2O5. The topological polar surface area (TPSA) is 92.9 Å². The number of nitrogens with zero attached hydrogens (tertiary/aromatic N) is 2. The molecule has 1 amide bonds. The van der Waals surface area contributed by atoms with Crippen LogP contribution in [-0.4, -0.2) is 40.7 Å². The highest BCUT2D eigenvalue weighted by atomic mass is 19.1. The van der Waals surface area contributed by atoms with Gasteiger partial charge in [-0.1, -0.05) is 0 Å². The summed E-state index contributed by atoms with van der Waals surface area (Å²) in [6.07, 6.45) is 0.513. The summed E-state index contributed by atoms with van der Waals surface area (Å²) in [7, 11) is 0. The number of piperidine rings is 1. The predicted molar refractivity (Wildman–Crippen MR) is 70.9 cm³/mol. The van der Waals surface area contributed by atoms with Gasteiger partial charge in [-0.15, -0.1) is 0 Å². The van der Waals surface area contributed by atoms with E-state index in [4.69, 9.17) is 9.84 Å². The van der Waals surface area contributed by atoms with E-state index in [-0.39, 0.29) is 24.0 Å². The van der Waals surface area contributed by atoms with E-state index in [0.29, 0.717) is 13.1 Å². The van der Waals surface area contributed by atoms with Crippen LogP contribution in [0.15, 0.2) is 18.2 Å². The van der Waals surface area contributed by atoms with Crippen LogP contribution in [0.4, 0.5) is 14.9 Å². The van der Waals surface area contributed by atoms with Gasteiger partial charge < -0.3 is 14.7 Å². The van der Waals surface area contributed by atoms with E-state index in [0.717, 1.165) is 31.0 Å². The summed E-state index contributed by atoms with van der Waals surface area (Å²) in [6, 6.07) is 3.08. The summed E-state index contributed by atoms with van der Waals surface area (Å²) in [5.74, 6) is -0.906. The second kappa shape index (κ2) is 6.38. The number of carboxylic acid groups (broad SMARTS) is 1. The molecule has 1 saturated heterocycles. The maximum absolute atomic E-state index is 13.5. The van der Waals surface area contributed by atoms with Gasteiger partial charge >= 0.3 is 6.09 Å². The van der Waals surface area contributed by atoms with E-state index in [2.05, 4.69) is 0 Å². The summed E-state index contributed by atoms with van der Waals surface area (Å²) >= 11 is 0. The smallest absolute Gasteiger partial charge is 0.407 e. The van der Waals surface area contributed by atoms with Crippen molar-refractivity contribution in [1.29, 1.82) is 0 Å². The van der Waals surface area contributed by atoms with E-state index >= 15 is 0 Å². The number of hydrogen-bond donors (Lipinski definition) is 1. The minimum absolute atomic E-state index is 0.0477. The summed E-state index contributed by atoms with van der Waals surface area (Å²) in [5, 5.41) is 19.6. The number of nitro benzene ring substituents is 1. The van der Waals surface area contributed by atoms with Gasteiger partial charge in [0.05, 0.1) is 17.6 Å². The third-order valence-corrected chi connectivity index (χ3v) is 3.39. The zero-order chi connectivity index (χ0) is 15.4. The molecule has 1 heterocycles. The van der Waals surface area contributed by atoms with Crippen molar-refractivity contribution in [3.05, 3.63) is 34.1 Å². The molecule has 1 aromatic rings. The summed E-state index contributed by atoms with van der Waals surface area (Å²) in [5.41, 5.74) is -0.248. The fourth-order valence-corrected chi connectivity index (χ4v) is 2.30. The summed E-state index contributed by atoms with van der Waals surface area (Å²) in [4.78, 5) is 22.2. The van der Waals surface area contributed by atoms with Crippen molar-refractivity contribution in [2.24, 2.45) is 5.92 Å². The van der Waals surface area contributed by atoms with Crippen LogP contribution in [0.1, 0.15) is 12.8 Å². The van der Waals surface area contributed by atoms with Gasteiger partial charge in [0, 0.05) is 25.1 Å². The van der Waals surface area contributed by atoms with Crippen molar-refractivity contribution >= 4 is 11.8 Å². The number of halogens is 1. The van der Waals surface area contributed by atoms with Crippen LogP contribution >= 0.6 is 0 Å². The van der Waals surface area contributed by atoms with Crippen LogP contribution in [0, 0.1) is 21.8 Å². The average molecular weight is 298 g/mol. The van der Waals surface area contributed by atoms with Crippen molar-refractivity contribution in [2.45, 2.75) is 12.8 Å². The Balaban J connectivity index is 1.98. The highest BCUT2D eigenvalue weighted by Gasteiger charge is 2.24. The highest BCUT2D eigenvalue weighted by Crippen LogP contribution is 2.25. The first kappa shape index (κ1) is 15.0. The third-order valence-electron chi connectivity index (χ3n) is 3.39. The molecule has 1 aliphatic rings. The lowest BCUT2D eigenvalue weighted by Gasteiger charge is -2.30. The lowest BCUT2D eigenvalue weighted by atomic mass is 9.99. The van der Waals surface area contributed by atoms with Crippen LogP contribution in [0.25, 0.3) is 0 Å². The molecular weight excluding hydrogens is 283 g/mol. The van der Waals surface area contributed by atoms with Crippen LogP contribution in [-0.2, 0) is 0 Å². The maximum atomic E-state index is 13.5. The SMILES string of the molecule is O=C(O)N1CCC[C@H](COc2cc([N+](=O)[O-])ccc2F)C1. The van der Waals surface area contributed by atoms with E-state index in [1.54, 1.807) is 0 Å². The number of hydrogen-bond acceptors (Lipinski definition) is 4. The van der Waals surface area contributed by atoms with Crippen LogP contribution < -0.4 is 4.74 Å². The molecule has 7 nitrogen and oxygen atoms in total. The Morgan fingerprint density at radius 3 is 3.00 bits per heavy atom. The molecule has 0 unspecified atom stereocenters. The Morgan fingerprint density at radius 1 is 1.57 bits per heavy atom. The number of carbonyl (C=O) groups is 1. The number of likely N-dealkylation sites (tertiary alicyclic amines) is 1. The standard InChI is InChI=1S/C13H15FN2O5/c14-11-4-3-10(16(19)20)6-12(11)21-8-9-2-1-5-15(7-9)13(17)18/h3-4,6,9H,1-2,5,7-8H2,(H,17,18)/t9-/m0/s1. The van der Waals surface area contributed by atoms with Gasteiger partial charge in [-0.2, -0.15) is 0 Å². The minimum atomic E-state index is -0.985. The molecule has 0 radical (unpaired) electrons. The van der Waals surface area contributed by atoms with E-state index in [1.807, 2.05) is 0 Å². The summed E-state index contributed by atoms with van der Waals surface area (Å²) < 4.78 is 18.8. The number of rotatable bonds is 4. The lowest BCUT2D eigenvalue weighted by Crippen LogP contribution is -2.40. The van der Waals surface area contributed by atoms with E-state index in [1.165, 1.54) is 4.90 Å². The number of amides is 1. The zero-order valence-electron chi connectivity index (χ0n) is 11.2. The number of benzene rings is 1. The molecule has 1 aliphatic heterocycles. The van der Waals surface area contributed by atoms with Crippen molar-refractivity contribution in [3.63, 3.8) is 0 Å². The van der Waals surface area contributed by atoms with Gasteiger partial charge in [-0.3, -0.25) is 10.1 Å². The summed E-state index contributed by atoms with van der Waals surface area (Å²) in [6.45, 7) is 0.935. The van der Waals surface area contributed by atoms with Crippen LogP contribution in [0.3, 0.4) is 0 Å². The van der Waals surface area contributed by atoms with Gasteiger partial charge in [-0.25, -0.2) is 9.18 Å². The van der Waals surface area contributed by atoms with Crippen molar-refractivity contribution in [2.75, 3.05) is 19.7 Å². The van der Waals surface area contributed by atoms with Gasteiger partial charge in [-0.05, 0) is 18.9 Å². The van der Waals surface area contributed by atoms with Crippen molar-refractivity contribution in [3.8, 4) is 5.75 Å². The molecule has 0 bridgehead atoms.